The first-order valence-electron chi connectivity index (χ1n) is 11.1. The highest BCUT2D eigenvalue weighted by Crippen LogP contribution is 2.70. The molecule has 1 saturated heterocycles. The normalized spacial score (nSPS) is 52.4. The van der Waals surface area contributed by atoms with Crippen molar-refractivity contribution in [2.75, 3.05) is 6.26 Å². The van der Waals surface area contributed by atoms with Gasteiger partial charge in [-0.3, -0.25) is 13.8 Å². The van der Waals surface area contributed by atoms with E-state index in [0.717, 1.165) is 44.1 Å². The Hall–Kier alpha value is -1.01. The van der Waals surface area contributed by atoms with Gasteiger partial charge in [0.2, 0.25) is 0 Å². The fourth-order valence-corrected chi connectivity index (χ4v) is 9.57. The molecule has 9 atom stereocenters. The highest BCUT2D eigenvalue weighted by atomic mass is 32.2. The summed E-state index contributed by atoms with van der Waals surface area (Å²) in [4.78, 5) is 24.2. The van der Waals surface area contributed by atoms with Gasteiger partial charge in [0, 0.05) is 35.3 Å². The predicted octanol–water partition coefficient (Wildman–Crippen LogP) is 2.92. The van der Waals surface area contributed by atoms with E-state index in [0.29, 0.717) is 18.8 Å². The number of rotatable bonds is 1. The molecule has 0 radical (unpaired) electrons. The summed E-state index contributed by atoms with van der Waals surface area (Å²) in [5, 5.41) is 11.0. The number of fused-ring (bicyclic) bond motifs is 6. The SMILES string of the molecule is CS(=O)C1C(O)C2=CC(=O)CCC2(C)C2CCC3(C)C(CCC34CCC(=O)O4)C12. The van der Waals surface area contributed by atoms with Crippen LogP contribution in [0.15, 0.2) is 11.6 Å². The molecule has 0 aromatic heterocycles. The molecule has 29 heavy (non-hydrogen) atoms. The van der Waals surface area contributed by atoms with Crippen LogP contribution in [-0.4, -0.2) is 44.3 Å². The van der Waals surface area contributed by atoms with Crippen molar-refractivity contribution in [3.8, 4) is 0 Å². The van der Waals surface area contributed by atoms with E-state index in [9.17, 15) is 18.9 Å². The zero-order valence-corrected chi connectivity index (χ0v) is 18.4. The van der Waals surface area contributed by atoms with Gasteiger partial charge >= 0.3 is 5.97 Å². The lowest BCUT2D eigenvalue weighted by molar-refractivity contribution is -0.169. The average molecular weight is 421 g/mol. The van der Waals surface area contributed by atoms with E-state index < -0.39 is 16.9 Å². The van der Waals surface area contributed by atoms with Crippen molar-refractivity contribution in [1.82, 2.24) is 0 Å². The maximum Gasteiger partial charge on any atom is 0.306 e. The largest absolute Gasteiger partial charge is 0.458 e. The Labute approximate surface area is 175 Å². The molecular formula is C23H32O5S. The van der Waals surface area contributed by atoms with Crippen LogP contribution < -0.4 is 0 Å². The lowest BCUT2D eigenvalue weighted by atomic mass is 9.45. The molecule has 1 spiro atoms. The molecule has 6 heteroatoms. The van der Waals surface area contributed by atoms with E-state index in [1.54, 1.807) is 12.3 Å². The number of aliphatic hydroxyl groups is 1. The molecule has 0 aromatic carbocycles. The highest BCUT2D eigenvalue weighted by molar-refractivity contribution is 7.85. The van der Waals surface area contributed by atoms with Gasteiger partial charge in [0.25, 0.3) is 0 Å². The van der Waals surface area contributed by atoms with Crippen LogP contribution in [0.3, 0.4) is 0 Å². The second-order valence-corrected chi connectivity index (χ2v) is 12.2. The Morgan fingerprint density at radius 2 is 1.79 bits per heavy atom. The predicted molar refractivity (Wildman–Crippen MR) is 109 cm³/mol. The highest BCUT2D eigenvalue weighted by Gasteiger charge is 2.69. The van der Waals surface area contributed by atoms with Crippen LogP contribution in [0.5, 0.6) is 0 Å². The number of ether oxygens (including phenoxy) is 1. The molecule has 4 aliphatic carbocycles. The Balaban J connectivity index is 1.61. The molecular weight excluding hydrogens is 388 g/mol. The van der Waals surface area contributed by atoms with Crippen LogP contribution in [0.1, 0.15) is 65.2 Å². The number of carbonyl (C=O) groups excluding carboxylic acids is 2. The quantitative estimate of drug-likeness (QED) is 0.660. The molecule has 1 N–H and O–H groups in total. The zero-order chi connectivity index (χ0) is 20.8. The fraction of sp³-hybridized carbons (Fsp3) is 0.826. The summed E-state index contributed by atoms with van der Waals surface area (Å²) in [6.07, 6.45) is 8.90. The molecule has 5 aliphatic rings. The Morgan fingerprint density at radius 3 is 2.45 bits per heavy atom. The number of aliphatic hydroxyl groups excluding tert-OH is 1. The number of hydrogen-bond donors (Lipinski definition) is 1. The van der Waals surface area contributed by atoms with E-state index in [1.807, 2.05) is 0 Å². The van der Waals surface area contributed by atoms with E-state index >= 15 is 0 Å². The molecule has 0 bridgehead atoms. The van der Waals surface area contributed by atoms with Gasteiger partial charge in [0.1, 0.15) is 5.60 Å². The first kappa shape index (κ1) is 19.9. The summed E-state index contributed by atoms with van der Waals surface area (Å²) >= 11 is 0. The third kappa shape index (κ3) is 2.45. The lowest BCUT2D eigenvalue weighted by Gasteiger charge is -2.61. The number of esters is 1. The summed E-state index contributed by atoms with van der Waals surface area (Å²) in [7, 11) is -1.20. The second-order valence-electron chi connectivity index (χ2n) is 10.6. The van der Waals surface area contributed by atoms with Crippen molar-refractivity contribution in [2.24, 2.45) is 28.6 Å². The molecule has 5 nitrogen and oxygen atoms in total. The smallest absolute Gasteiger partial charge is 0.306 e. The molecule has 3 saturated carbocycles. The zero-order valence-electron chi connectivity index (χ0n) is 17.6. The second kappa shape index (κ2) is 6.25. The molecule has 160 valence electrons. The topological polar surface area (TPSA) is 80.7 Å². The van der Waals surface area contributed by atoms with Crippen LogP contribution in [0, 0.1) is 28.6 Å². The van der Waals surface area contributed by atoms with Gasteiger partial charge in [-0.2, -0.15) is 0 Å². The molecule has 1 aliphatic heterocycles. The van der Waals surface area contributed by atoms with Crippen molar-refractivity contribution in [1.29, 1.82) is 0 Å². The molecule has 4 fully saturated rings. The molecule has 0 amide bonds. The minimum Gasteiger partial charge on any atom is -0.458 e. The van der Waals surface area contributed by atoms with Crippen molar-refractivity contribution in [3.63, 3.8) is 0 Å². The Kier molecular flexibility index (Phi) is 4.30. The van der Waals surface area contributed by atoms with Gasteiger partial charge in [-0.05, 0) is 73.3 Å². The van der Waals surface area contributed by atoms with Gasteiger partial charge in [-0.25, -0.2) is 0 Å². The Bertz CT molecular complexity index is 835. The minimum absolute atomic E-state index is 0.0777. The van der Waals surface area contributed by atoms with Crippen LogP contribution in [0.4, 0.5) is 0 Å². The van der Waals surface area contributed by atoms with Crippen LogP contribution in [0.2, 0.25) is 0 Å². The van der Waals surface area contributed by atoms with Crippen molar-refractivity contribution < 1.29 is 23.6 Å². The van der Waals surface area contributed by atoms with Crippen LogP contribution in [0.25, 0.3) is 0 Å². The standard InChI is InChI=1S/C23H32O5S/c1-21-8-4-13(24)12-16(21)19(26)20(29(3)27)18-14(21)5-9-22(2)15(18)6-10-23(22)11-7-17(25)28-23/h12,14-15,18-20,26H,4-11H2,1-3H3. The molecule has 0 aromatic rings. The molecule has 5 rings (SSSR count). The summed E-state index contributed by atoms with van der Waals surface area (Å²) < 4.78 is 18.9. The summed E-state index contributed by atoms with van der Waals surface area (Å²) in [5.41, 5.74) is 0.0971. The van der Waals surface area contributed by atoms with Gasteiger partial charge in [0.15, 0.2) is 5.78 Å². The number of ketones is 1. The van der Waals surface area contributed by atoms with Crippen LogP contribution in [-0.2, 0) is 25.1 Å². The molecule has 9 unspecified atom stereocenters. The Morgan fingerprint density at radius 1 is 1.07 bits per heavy atom. The fourth-order valence-electron chi connectivity index (χ4n) is 8.24. The average Bonchev–Trinajstić information content (AvgIpc) is 3.17. The lowest BCUT2D eigenvalue weighted by Crippen LogP contribution is -2.62. The monoisotopic (exact) mass is 420 g/mol. The summed E-state index contributed by atoms with van der Waals surface area (Å²) in [6.45, 7) is 4.49. The third-order valence-corrected chi connectivity index (χ3v) is 11.1. The maximum atomic E-state index is 12.9. The maximum absolute atomic E-state index is 12.9. The van der Waals surface area contributed by atoms with E-state index in [4.69, 9.17) is 4.74 Å². The third-order valence-electron chi connectivity index (χ3n) is 9.74. The van der Waals surface area contributed by atoms with E-state index in [1.165, 1.54) is 0 Å². The summed E-state index contributed by atoms with van der Waals surface area (Å²) in [5.74, 6) is 0.713. The first-order chi connectivity index (χ1) is 13.6. The molecule has 1 heterocycles. The number of carbonyl (C=O) groups is 2. The van der Waals surface area contributed by atoms with Gasteiger partial charge in [-0.15, -0.1) is 0 Å². The number of hydrogen-bond acceptors (Lipinski definition) is 5. The van der Waals surface area contributed by atoms with Crippen molar-refractivity contribution >= 4 is 22.6 Å². The van der Waals surface area contributed by atoms with Crippen molar-refractivity contribution in [2.45, 2.75) is 82.2 Å². The first-order valence-corrected chi connectivity index (χ1v) is 12.7. The van der Waals surface area contributed by atoms with E-state index in [2.05, 4.69) is 13.8 Å². The van der Waals surface area contributed by atoms with Crippen LogP contribution >= 0.6 is 0 Å². The van der Waals surface area contributed by atoms with Gasteiger partial charge < -0.3 is 9.84 Å². The van der Waals surface area contributed by atoms with Crippen molar-refractivity contribution in [3.05, 3.63) is 11.6 Å². The summed E-state index contributed by atoms with van der Waals surface area (Å²) in [6, 6.07) is 0. The van der Waals surface area contributed by atoms with Gasteiger partial charge in [0.05, 0.1) is 11.4 Å². The van der Waals surface area contributed by atoms with E-state index in [-0.39, 0.29) is 45.3 Å². The minimum atomic E-state index is -1.20. The van der Waals surface area contributed by atoms with Gasteiger partial charge in [-0.1, -0.05) is 13.8 Å².